The summed E-state index contributed by atoms with van der Waals surface area (Å²) in [6.07, 6.45) is 2.27. The van der Waals surface area contributed by atoms with Crippen molar-refractivity contribution in [3.8, 4) is 0 Å². The SMILES string of the molecule is OC(c1cnc2ccsc2c1)C1CCOC1. The molecule has 2 atom stereocenters. The van der Waals surface area contributed by atoms with Crippen LogP contribution in [0.2, 0.25) is 0 Å². The monoisotopic (exact) mass is 235 g/mol. The van der Waals surface area contributed by atoms with Gasteiger partial charge in [0.1, 0.15) is 0 Å². The fraction of sp³-hybridized carbons (Fsp3) is 0.417. The fourth-order valence-electron chi connectivity index (χ4n) is 2.10. The highest BCUT2D eigenvalue weighted by atomic mass is 32.1. The number of hydrogen-bond donors (Lipinski definition) is 1. The molecule has 1 saturated heterocycles. The predicted octanol–water partition coefficient (Wildman–Crippen LogP) is 2.37. The van der Waals surface area contributed by atoms with Crippen LogP contribution in [0.1, 0.15) is 18.1 Å². The first kappa shape index (κ1) is 10.2. The van der Waals surface area contributed by atoms with E-state index in [0.29, 0.717) is 6.61 Å². The summed E-state index contributed by atoms with van der Waals surface area (Å²) in [5.74, 6) is 0.221. The molecule has 2 unspecified atom stereocenters. The smallest absolute Gasteiger partial charge is 0.0856 e. The van der Waals surface area contributed by atoms with Crippen molar-refractivity contribution in [2.75, 3.05) is 13.2 Å². The molecular formula is C12H13NO2S. The molecule has 0 saturated carbocycles. The van der Waals surface area contributed by atoms with Crippen LogP contribution >= 0.6 is 11.3 Å². The molecule has 3 rings (SSSR count). The van der Waals surface area contributed by atoms with E-state index in [4.69, 9.17) is 4.74 Å². The number of fused-ring (bicyclic) bond motifs is 1. The molecule has 0 amide bonds. The van der Waals surface area contributed by atoms with E-state index in [1.807, 2.05) is 17.5 Å². The topological polar surface area (TPSA) is 42.4 Å². The van der Waals surface area contributed by atoms with Gasteiger partial charge in [0, 0.05) is 24.3 Å². The first-order chi connectivity index (χ1) is 7.84. The van der Waals surface area contributed by atoms with Gasteiger partial charge in [0.2, 0.25) is 0 Å². The van der Waals surface area contributed by atoms with Crippen LogP contribution in [0.4, 0.5) is 0 Å². The lowest BCUT2D eigenvalue weighted by Gasteiger charge is -2.16. The lowest BCUT2D eigenvalue weighted by atomic mass is 9.96. The minimum atomic E-state index is -0.443. The van der Waals surface area contributed by atoms with Gasteiger partial charge in [-0.3, -0.25) is 4.98 Å². The maximum Gasteiger partial charge on any atom is 0.0856 e. The zero-order valence-electron chi connectivity index (χ0n) is 8.80. The van der Waals surface area contributed by atoms with Crippen molar-refractivity contribution in [3.63, 3.8) is 0 Å². The van der Waals surface area contributed by atoms with Gasteiger partial charge in [-0.1, -0.05) is 0 Å². The molecule has 2 aromatic rings. The molecule has 3 nitrogen and oxygen atoms in total. The maximum absolute atomic E-state index is 10.2. The van der Waals surface area contributed by atoms with Crippen LogP contribution in [0.25, 0.3) is 10.2 Å². The summed E-state index contributed by atoms with van der Waals surface area (Å²) in [6.45, 7) is 1.42. The summed E-state index contributed by atoms with van der Waals surface area (Å²) in [5, 5.41) is 12.2. The van der Waals surface area contributed by atoms with Gasteiger partial charge in [0.15, 0.2) is 0 Å². The minimum Gasteiger partial charge on any atom is -0.388 e. The van der Waals surface area contributed by atoms with Crippen molar-refractivity contribution in [3.05, 3.63) is 29.3 Å². The summed E-state index contributed by atoms with van der Waals surface area (Å²) in [6, 6.07) is 4.03. The van der Waals surface area contributed by atoms with E-state index in [1.54, 1.807) is 17.5 Å². The van der Waals surface area contributed by atoms with E-state index < -0.39 is 6.10 Å². The standard InChI is InChI=1S/C12H13NO2S/c14-12(8-1-3-15-7-8)9-5-11-10(13-6-9)2-4-16-11/h2,4-6,8,12,14H,1,3,7H2. The van der Waals surface area contributed by atoms with Gasteiger partial charge < -0.3 is 9.84 Å². The number of pyridine rings is 1. The van der Waals surface area contributed by atoms with Crippen LogP contribution in [0.5, 0.6) is 0 Å². The van der Waals surface area contributed by atoms with Crippen molar-refractivity contribution >= 4 is 21.6 Å². The van der Waals surface area contributed by atoms with E-state index in [2.05, 4.69) is 4.98 Å². The van der Waals surface area contributed by atoms with E-state index in [1.165, 1.54) is 0 Å². The van der Waals surface area contributed by atoms with Crippen molar-refractivity contribution in [1.29, 1.82) is 0 Å². The van der Waals surface area contributed by atoms with Crippen molar-refractivity contribution in [2.45, 2.75) is 12.5 Å². The molecule has 0 aromatic carbocycles. The van der Waals surface area contributed by atoms with Crippen LogP contribution in [0.3, 0.4) is 0 Å². The zero-order chi connectivity index (χ0) is 11.0. The van der Waals surface area contributed by atoms with E-state index in [-0.39, 0.29) is 5.92 Å². The summed E-state index contributed by atoms with van der Waals surface area (Å²) in [7, 11) is 0. The third-order valence-electron chi connectivity index (χ3n) is 3.08. The van der Waals surface area contributed by atoms with Gasteiger partial charge in [0.05, 0.1) is 22.9 Å². The van der Waals surface area contributed by atoms with Gasteiger partial charge in [-0.05, 0) is 23.9 Å². The number of thiophene rings is 1. The Morgan fingerprint density at radius 3 is 3.31 bits per heavy atom. The van der Waals surface area contributed by atoms with Crippen molar-refractivity contribution in [2.24, 2.45) is 5.92 Å². The average molecular weight is 235 g/mol. The quantitative estimate of drug-likeness (QED) is 0.869. The minimum absolute atomic E-state index is 0.221. The van der Waals surface area contributed by atoms with Gasteiger partial charge in [-0.15, -0.1) is 11.3 Å². The number of rotatable bonds is 2. The molecule has 1 aliphatic heterocycles. The molecular weight excluding hydrogens is 222 g/mol. The molecule has 1 fully saturated rings. The van der Waals surface area contributed by atoms with Crippen LogP contribution in [-0.2, 0) is 4.74 Å². The second kappa shape index (κ2) is 4.13. The van der Waals surface area contributed by atoms with Crippen LogP contribution in [-0.4, -0.2) is 23.3 Å². The molecule has 0 spiro atoms. The second-order valence-corrected chi connectivity index (χ2v) is 5.09. The molecule has 4 heteroatoms. The predicted molar refractivity (Wildman–Crippen MR) is 63.5 cm³/mol. The van der Waals surface area contributed by atoms with Crippen molar-refractivity contribution < 1.29 is 9.84 Å². The molecule has 0 radical (unpaired) electrons. The Balaban J connectivity index is 1.91. The summed E-state index contributed by atoms with van der Waals surface area (Å²) in [5.41, 5.74) is 1.91. The molecule has 16 heavy (non-hydrogen) atoms. The average Bonchev–Trinajstić information content (AvgIpc) is 2.98. The molecule has 0 aliphatic carbocycles. The number of aromatic nitrogens is 1. The maximum atomic E-state index is 10.2. The number of hydrogen-bond acceptors (Lipinski definition) is 4. The molecule has 2 aromatic heterocycles. The number of ether oxygens (including phenoxy) is 1. The second-order valence-electron chi connectivity index (χ2n) is 4.14. The summed E-state index contributed by atoms with van der Waals surface area (Å²) >= 11 is 1.66. The Bertz CT molecular complexity index is 490. The third kappa shape index (κ3) is 1.73. The normalized spacial score (nSPS) is 22.7. The highest BCUT2D eigenvalue weighted by Crippen LogP contribution is 2.30. The molecule has 84 valence electrons. The van der Waals surface area contributed by atoms with Gasteiger partial charge in [-0.25, -0.2) is 0 Å². The Morgan fingerprint density at radius 2 is 2.50 bits per heavy atom. The lowest BCUT2D eigenvalue weighted by Crippen LogP contribution is -2.12. The summed E-state index contributed by atoms with van der Waals surface area (Å²) in [4.78, 5) is 4.34. The number of nitrogens with zero attached hydrogens (tertiary/aromatic N) is 1. The first-order valence-electron chi connectivity index (χ1n) is 5.43. The third-order valence-corrected chi connectivity index (χ3v) is 3.93. The van der Waals surface area contributed by atoms with Gasteiger partial charge in [0.25, 0.3) is 0 Å². The van der Waals surface area contributed by atoms with Gasteiger partial charge in [-0.2, -0.15) is 0 Å². The Hall–Kier alpha value is -0.970. The Kier molecular flexibility index (Phi) is 2.63. The molecule has 0 bridgehead atoms. The highest BCUT2D eigenvalue weighted by molar-refractivity contribution is 7.17. The molecule has 1 aliphatic rings. The number of aliphatic hydroxyl groups is 1. The highest BCUT2D eigenvalue weighted by Gasteiger charge is 2.25. The van der Waals surface area contributed by atoms with Crippen LogP contribution < -0.4 is 0 Å². The molecule has 1 N–H and O–H groups in total. The Labute approximate surface area is 97.7 Å². The van der Waals surface area contributed by atoms with E-state index >= 15 is 0 Å². The number of aliphatic hydroxyl groups excluding tert-OH is 1. The van der Waals surface area contributed by atoms with Gasteiger partial charge >= 0.3 is 0 Å². The van der Waals surface area contributed by atoms with E-state index in [0.717, 1.165) is 28.8 Å². The summed E-state index contributed by atoms with van der Waals surface area (Å²) < 4.78 is 6.43. The lowest BCUT2D eigenvalue weighted by molar-refractivity contribution is 0.0917. The Morgan fingerprint density at radius 1 is 1.56 bits per heavy atom. The largest absolute Gasteiger partial charge is 0.388 e. The fourth-order valence-corrected chi connectivity index (χ4v) is 2.89. The van der Waals surface area contributed by atoms with Crippen LogP contribution in [0, 0.1) is 5.92 Å². The molecule has 3 heterocycles. The first-order valence-corrected chi connectivity index (χ1v) is 6.31. The van der Waals surface area contributed by atoms with Crippen LogP contribution in [0.15, 0.2) is 23.7 Å². The zero-order valence-corrected chi connectivity index (χ0v) is 9.61. The van der Waals surface area contributed by atoms with E-state index in [9.17, 15) is 5.11 Å². The van der Waals surface area contributed by atoms with Crippen molar-refractivity contribution in [1.82, 2.24) is 4.98 Å².